The Balaban J connectivity index is 1.55. The van der Waals surface area contributed by atoms with E-state index in [0.29, 0.717) is 22.1 Å². The summed E-state index contributed by atoms with van der Waals surface area (Å²) in [5.74, 6) is 0.767. The molecule has 0 saturated carbocycles. The molecule has 0 unspecified atom stereocenters. The molecule has 44 heavy (non-hydrogen) atoms. The SMILES string of the molecule is Cc1noc(-c2nc(-c3ccc(S(C)(=O)=O)cc3)c(-c3cccc(-c4cc(C(C)(C)S(C)(=O)=O)cc5cccnc45)c3)s2)n1. The second-order valence-electron chi connectivity index (χ2n) is 11.1. The molecule has 0 fully saturated rings. The van der Waals surface area contributed by atoms with Crippen LogP contribution in [0.25, 0.3) is 54.6 Å². The molecule has 0 saturated heterocycles. The number of rotatable bonds is 7. The van der Waals surface area contributed by atoms with Crippen LogP contribution in [-0.2, 0) is 24.4 Å². The lowest BCUT2D eigenvalue weighted by Gasteiger charge is -2.24. The van der Waals surface area contributed by atoms with Gasteiger partial charge in [-0.2, -0.15) is 4.98 Å². The fourth-order valence-electron chi connectivity index (χ4n) is 4.85. The normalized spacial score (nSPS) is 12.6. The fraction of sp³-hybridized carbons (Fsp3) is 0.188. The van der Waals surface area contributed by atoms with Crippen LogP contribution in [0.4, 0.5) is 0 Å². The maximum absolute atomic E-state index is 12.8. The molecule has 0 atom stereocenters. The van der Waals surface area contributed by atoms with E-state index in [9.17, 15) is 16.8 Å². The van der Waals surface area contributed by atoms with Crippen LogP contribution < -0.4 is 0 Å². The minimum Gasteiger partial charge on any atom is -0.331 e. The Labute approximate surface area is 259 Å². The van der Waals surface area contributed by atoms with E-state index in [-0.39, 0.29) is 10.8 Å². The molecule has 0 spiro atoms. The van der Waals surface area contributed by atoms with E-state index < -0.39 is 24.4 Å². The second-order valence-corrected chi connectivity index (χ2v) is 16.7. The molecule has 0 aliphatic rings. The van der Waals surface area contributed by atoms with Gasteiger partial charge in [0.05, 0.1) is 25.7 Å². The summed E-state index contributed by atoms with van der Waals surface area (Å²) >= 11 is 1.38. The average Bonchev–Trinajstić information content (AvgIpc) is 3.62. The quantitative estimate of drug-likeness (QED) is 0.185. The minimum atomic E-state index is -3.43. The predicted octanol–water partition coefficient (Wildman–Crippen LogP) is 6.73. The Hall–Kier alpha value is -4.26. The summed E-state index contributed by atoms with van der Waals surface area (Å²) in [6.45, 7) is 5.15. The predicted molar refractivity (Wildman–Crippen MR) is 173 cm³/mol. The average molecular weight is 645 g/mol. The zero-order valence-electron chi connectivity index (χ0n) is 24.6. The molecule has 0 aliphatic carbocycles. The molecular weight excluding hydrogens is 617 g/mol. The monoisotopic (exact) mass is 644 g/mol. The summed E-state index contributed by atoms with van der Waals surface area (Å²) in [5, 5.41) is 5.27. The van der Waals surface area contributed by atoms with Crippen LogP contribution in [0.15, 0.2) is 88.4 Å². The highest BCUT2D eigenvalue weighted by molar-refractivity contribution is 7.91. The third-order valence-corrected chi connectivity index (χ3v) is 12.0. The molecule has 0 N–H and O–H groups in total. The standard InChI is InChI=1S/C32H28N4O5S3/c1-19-34-30(41-36-19)31-35-28(20-11-13-25(14-12-20)43(4,37)38)29(42-31)23-9-6-8-21(16-23)26-18-24(32(2,3)44(5,39)40)17-22-10-7-15-33-27(22)26/h6-18H,1-5H3. The van der Waals surface area contributed by atoms with Crippen molar-refractivity contribution in [2.75, 3.05) is 12.5 Å². The Bertz CT molecular complexity index is 2270. The fourth-order valence-corrected chi connectivity index (χ4v) is 7.03. The van der Waals surface area contributed by atoms with Crippen LogP contribution >= 0.6 is 11.3 Å². The van der Waals surface area contributed by atoms with Crippen molar-refractivity contribution in [2.24, 2.45) is 0 Å². The summed E-state index contributed by atoms with van der Waals surface area (Å²) in [5.41, 5.74) is 5.27. The minimum absolute atomic E-state index is 0.212. The molecule has 9 nitrogen and oxygen atoms in total. The highest BCUT2D eigenvalue weighted by atomic mass is 32.2. The number of aromatic nitrogens is 4. The van der Waals surface area contributed by atoms with Gasteiger partial charge in [-0.1, -0.05) is 41.6 Å². The Morgan fingerprint density at radius 1 is 0.818 bits per heavy atom. The molecule has 0 amide bonds. The second kappa shape index (κ2) is 10.7. The van der Waals surface area contributed by atoms with Crippen molar-refractivity contribution in [3.63, 3.8) is 0 Å². The molecule has 3 heterocycles. The number of sulfone groups is 2. The lowest BCUT2D eigenvalue weighted by molar-refractivity contribution is 0.425. The number of pyridine rings is 1. The van der Waals surface area contributed by atoms with E-state index >= 15 is 0 Å². The Morgan fingerprint density at radius 2 is 1.55 bits per heavy atom. The molecule has 224 valence electrons. The van der Waals surface area contributed by atoms with Crippen molar-refractivity contribution in [1.29, 1.82) is 0 Å². The van der Waals surface area contributed by atoms with Crippen molar-refractivity contribution < 1.29 is 21.4 Å². The summed E-state index contributed by atoms with van der Waals surface area (Å²) < 4.78 is 54.0. The highest BCUT2D eigenvalue weighted by Gasteiger charge is 2.33. The van der Waals surface area contributed by atoms with E-state index in [1.165, 1.54) is 23.8 Å². The van der Waals surface area contributed by atoms with Gasteiger partial charge in [-0.25, -0.2) is 21.8 Å². The molecule has 0 bridgehead atoms. The molecular formula is C32H28N4O5S3. The Morgan fingerprint density at radius 3 is 2.20 bits per heavy atom. The number of aryl methyl sites for hydroxylation is 1. The number of hydrogen-bond acceptors (Lipinski definition) is 10. The number of benzene rings is 3. The number of nitrogens with zero attached hydrogens (tertiary/aromatic N) is 4. The molecule has 6 rings (SSSR count). The van der Waals surface area contributed by atoms with Gasteiger partial charge in [0.15, 0.2) is 30.5 Å². The number of thiazole rings is 1. The van der Waals surface area contributed by atoms with Crippen LogP contribution in [0.5, 0.6) is 0 Å². The molecule has 6 aromatic rings. The van der Waals surface area contributed by atoms with Crippen molar-refractivity contribution in [3.8, 4) is 43.7 Å². The maximum Gasteiger partial charge on any atom is 0.286 e. The first-order valence-electron chi connectivity index (χ1n) is 13.5. The van der Waals surface area contributed by atoms with Gasteiger partial charge in [-0.15, -0.1) is 11.3 Å². The van der Waals surface area contributed by atoms with Gasteiger partial charge >= 0.3 is 0 Å². The summed E-state index contributed by atoms with van der Waals surface area (Å²) in [6, 6.07) is 22.0. The van der Waals surface area contributed by atoms with Crippen LogP contribution in [0.2, 0.25) is 0 Å². The van der Waals surface area contributed by atoms with E-state index in [4.69, 9.17) is 9.51 Å². The van der Waals surface area contributed by atoms with Gasteiger partial charge in [0.25, 0.3) is 5.89 Å². The van der Waals surface area contributed by atoms with Crippen LogP contribution in [0, 0.1) is 6.92 Å². The summed E-state index contributed by atoms with van der Waals surface area (Å²) in [6.07, 6.45) is 4.14. The maximum atomic E-state index is 12.8. The zero-order chi connectivity index (χ0) is 31.4. The Kier molecular flexibility index (Phi) is 7.26. The number of hydrogen-bond donors (Lipinski definition) is 0. The topological polar surface area (TPSA) is 133 Å². The highest BCUT2D eigenvalue weighted by Crippen LogP contribution is 2.43. The van der Waals surface area contributed by atoms with E-state index in [1.54, 1.807) is 51.2 Å². The summed E-state index contributed by atoms with van der Waals surface area (Å²) in [7, 11) is -6.80. The van der Waals surface area contributed by atoms with Gasteiger partial charge in [0.2, 0.25) is 0 Å². The molecule has 12 heteroatoms. The van der Waals surface area contributed by atoms with Gasteiger partial charge in [0, 0.05) is 35.2 Å². The van der Waals surface area contributed by atoms with E-state index in [2.05, 4.69) is 15.1 Å². The van der Waals surface area contributed by atoms with E-state index in [1.807, 2.05) is 48.5 Å². The smallest absolute Gasteiger partial charge is 0.286 e. The van der Waals surface area contributed by atoms with Crippen molar-refractivity contribution in [1.82, 2.24) is 20.1 Å². The van der Waals surface area contributed by atoms with Gasteiger partial charge in [-0.3, -0.25) is 4.98 Å². The first kappa shape index (κ1) is 29.8. The van der Waals surface area contributed by atoms with E-state index in [0.717, 1.165) is 38.0 Å². The van der Waals surface area contributed by atoms with Crippen molar-refractivity contribution >= 4 is 41.9 Å². The largest absolute Gasteiger partial charge is 0.331 e. The van der Waals surface area contributed by atoms with Crippen LogP contribution in [0.3, 0.4) is 0 Å². The molecule has 3 aromatic carbocycles. The van der Waals surface area contributed by atoms with Crippen molar-refractivity contribution in [3.05, 3.63) is 90.4 Å². The molecule has 0 radical (unpaired) electrons. The third kappa shape index (κ3) is 5.44. The van der Waals surface area contributed by atoms with Crippen LogP contribution in [-0.4, -0.2) is 49.5 Å². The number of fused-ring (bicyclic) bond motifs is 1. The zero-order valence-corrected chi connectivity index (χ0v) is 27.0. The van der Waals surface area contributed by atoms with Crippen molar-refractivity contribution in [2.45, 2.75) is 30.4 Å². The van der Waals surface area contributed by atoms with Gasteiger partial charge in [-0.05, 0) is 73.9 Å². The van der Waals surface area contributed by atoms with Gasteiger partial charge < -0.3 is 4.52 Å². The first-order valence-corrected chi connectivity index (χ1v) is 18.1. The lowest BCUT2D eigenvalue weighted by atomic mass is 9.92. The summed E-state index contributed by atoms with van der Waals surface area (Å²) in [4.78, 5) is 14.9. The first-order chi connectivity index (χ1) is 20.7. The molecule has 0 aliphatic heterocycles. The lowest BCUT2D eigenvalue weighted by Crippen LogP contribution is -2.28. The van der Waals surface area contributed by atoms with Gasteiger partial charge in [0.1, 0.15) is 0 Å². The van der Waals surface area contributed by atoms with Crippen LogP contribution in [0.1, 0.15) is 25.2 Å². The molecule has 3 aromatic heterocycles. The third-order valence-electron chi connectivity index (χ3n) is 7.66.